The van der Waals surface area contributed by atoms with E-state index in [-0.39, 0.29) is 62.9 Å². The molecule has 0 aromatic heterocycles. The van der Waals surface area contributed by atoms with Crippen molar-refractivity contribution in [1.29, 1.82) is 0 Å². The van der Waals surface area contributed by atoms with E-state index >= 15 is 0 Å². The molecule has 2 aromatic carbocycles. The Morgan fingerprint density at radius 2 is 0.962 bits per heavy atom. The van der Waals surface area contributed by atoms with Crippen molar-refractivity contribution in [1.82, 2.24) is 0 Å². The fraction of sp³-hybridized carbons (Fsp3) is 0.562. The van der Waals surface area contributed by atoms with Crippen molar-refractivity contribution in [3.63, 3.8) is 0 Å². The van der Waals surface area contributed by atoms with Crippen LogP contribution < -0.4 is 5.11 Å². The molecule has 3 rings (SSSR count). The van der Waals surface area contributed by atoms with Gasteiger partial charge in [0.25, 0.3) is 11.4 Å². The van der Waals surface area contributed by atoms with Crippen LogP contribution in [0, 0.1) is 20.2 Å². The maximum Gasteiger partial charge on any atom is 0.436 e. The average Bonchev–Trinajstić information content (AvgIpc) is 2.97. The Bertz CT molecular complexity index is 1560. The Balaban J connectivity index is 0.000000795. The van der Waals surface area contributed by atoms with Crippen LogP contribution in [0.1, 0.15) is 89.5 Å². The number of rotatable bonds is 7. The number of halogens is 9. The van der Waals surface area contributed by atoms with Gasteiger partial charge in [-0.05, 0) is 23.7 Å². The van der Waals surface area contributed by atoms with Gasteiger partial charge in [0.15, 0.2) is 0 Å². The van der Waals surface area contributed by atoms with Gasteiger partial charge in [-0.25, -0.2) is 13.2 Å². The predicted octanol–water partition coefficient (Wildman–Crippen LogP) is 8.13. The van der Waals surface area contributed by atoms with E-state index in [0.29, 0.717) is 11.1 Å². The molecule has 299 valence electrons. The summed E-state index contributed by atoms with van der Waals surface area (Å²) >= 11 is 0. The van der Waals surface area contributed by atoms with E-state index in [9.17, 15) is 75.1 Å². The topological polar surface area (TPSA) is 175 Å². The van der Waals surface area contributed by atoms with Crippen LogP contribution in [0.5, 0.6) is 11.5 Å². The smallest absolute Gasteiger partial charge is 0.436 e. The molecule has 2 atom stereocenters. The SMILES string of the molecule is CC(C)(C)c1cc([N+](=O)[O-])cc(C=NC2CCCCC2N=Cc2cc([N+](=O)[O-])cc(C(C)(C)C)c2O)c1O.[Co].[O-]C(F)(F)C(F)(C(F)(F)F)C(F)(F)F. The second-order valence-corrected chi connectivity index (χ2v) is 14.0. The Kier molecular flexibility index (Phi) is 14.7. The number of nitro groups is 2. The maximum absolute atomic E-state index is 12.0. The number of hydrogen-bond donors (Lipinski definition) is 2. The van der Waals surface area contributed by atoms with Crippen molar-refractivity contribution in [2.45, 2.75) is 114 Å². The van der Waals surface area contributed by atoms with Crippen LogP contribution in [-0.2, 0) is 27.6 Å². The standard InChI is InChI=1S/C28H36N4O6.C4F9O.Co/c1-27(2,3)21-13-19(31(35)36)11-17(25(21)33)15-29-23-9-7-8-10-24(23)30-16-18-12-20(32(37)38)14-22(26(18)34)28(4,5)6;5-1(2(6,7)8,3(9,10)11)4(12,13)14;/h11-16,23-24,33-34H,7-10H2,1-6H3;;/q;-1;. The normalized spacial score (nSPS) is 17.7. The first-order valence-electron chi connectivity index (χ1n) is 15.3. The summed E-state index contributed by atoms with van der Waals surface area (Å²) in [5.41, 5.74) is -6.89. The van der Waals surface area contributed by atoms with Crippen LogP contribution in [0.2, 0.25) is 0 Å². The van der Waals surface area contributed by atoms with Gasteiger partial charge in [0.2, 0.25) is 6.11 Å². The number of benzene rings is 2. The van der Waals surface area contributed by atoms with Crippen molar-refractivity contribution >= 4 is 23.8 Å². The number of aliphatic imine (C=N–C) groups is 2. The quantitative estimate of drug-likeness (QED) is 0.123. The molecule has 11 nitrogen and oxygen atoms in total. The summed E-state index contributed by atoms with van der Waals surface area (Å²) in [6.07, 6.45) is -14.6. The number of nitro benzene ring substituents is 2. The van der Waals surface area contributed by atoms with Crippen LogP contribution in [0.25, 0.3) is 0 Å². The summed E-state index contributed by atoms with van der Waals surface area (Å²) in [4.78, 5) is 31.3. The van der Waals surface area contributed by atoms with E-state index in [1.807, 2.05) is 41.5 Å². The Morgan fingerprint density at radius 1 is 0.660 bits per heavy atom. The van der Waals surface area contributed by atoms with Gasteiger partial charge in [-0.3, -0.25) is 30.2 Å². The van der Waals surface area contributed by atoms with E-state index in [4.69, 9.17) is 0 Å². The number of aromatic hydroxyl groups is 2. The third-order valence-corrected chi connectivity index (χ3v) is 7.97. The summed E-state index contributed by atoms with van der Waals surface area (Å²) in [6.45, 7) is 11.2. The summed E-state index contributed by atoms with van der Waals surface area (Å²) in [5.74, 6) is -0.0853. The van der Waals surface area contributed by atoms with Gasteiger partial charge in [-0.15, -0.1) is 0 Å². The van der Waals surface area contributed by atoms with Crippen LogP contribution in [0.3, 0.4) is 0 Å². The zero-order valence-corrected chi connectivity index (χ0v) is 29.9. The number of nitrogens with zero attached hydrogens (tertiary/aromatic N) is 4. The second-order valence-electron chi connectivity index (χ2n) is 14.0. The molecule has 0 saturated heterocycles. The minimum Gasteiger partial charge on any atom is -0.795 e. The molecular formula is C32H36CoF9N4O7-. The zero-order chi connectivity index (χ0) is 40.4. The largest absolute Gasteiger partial charge is 0.795 e. The summed E-state index contributed by atoms with van der Waals surface area (Å²) in [7, 11) is 0. The Morgan fingerprint density at radius 3 is 1.17 bits per heavy atom. The zero-order valence-electron chi connectivity index (χ0n) is 28.9. The third kappa shape index (κ3) is 11.0. The molecule has 1 aliphatic carbocycles. The molecule has 0 amide bonds. The maximum atomic E-state index is 12.0. The molecule has 2 unspecified atom stereocenters. The molecule has 2 N–H and O–H groups in total. The van der Waals surface area contributed by atoms with E-state index in [1.54, 1.807) is 0 Å². The van der Waals surface area contributed by atoms with Gasteiger partial charge in [-0.2, -0.15) is 26.3 Å². The molecule has 53 heavy (non-hydrogen) atoms. The summed E-state index contributed by atoms with van der Waals surface area (Å²) < 4.78 is 103. The van der Waals surface area contributed by atoms with Gasteiger partial charge in [0.1, 0.15) is 11.5 Å². The minimum atomic E-state index is -7.08. The molecule has 2 aromatic rings. The summed E-state index contributed by atoms with van der Waals surface area (Å²) in [6, 6.07) is 4.89. The molecule has 0 bridgehead atoms. The number of hydrogen-bond acceptors (Lipinski definition) is 9. The molecule has 21 heteroatoms. The van der Waals surface area contributed by atoms with Crippen LogP contribution in [-0.4, -0.2) is 68.7 Å². The predicted molar refractivity (Wildman–Crippen MR) is 169 cm³/mol. The Hall–Kier alpha value is -3.98. The first-order chi connectivity index (χ1) is 23.3. The number of phenols is 2. The monoisotopic (exact) mass is 818 g/mol. The van der Waals surface area contributed by atoms with Crippen molar-refractivity contribution in [3.05, 3.63) is 66.7 Å². The second kappa shape index (κ2) is 16.6. The average molecular weight is 819 g/mol. The molecule has 0 spiro atoms. The van der Waals surface area contributed by atoms with Gasteiger partial charge in [-0.1, -0.05) is 54.4 Å². The fourth-order valence-corrected chi connectivity index (χ4v) is 5.12. The van der Waals surface area contributed by atoms with Crippen LogP contribution in [0.4, 0.5) is 50.9 Å². The number of alkyl halides is 9. The molecule has 1 radical (unpaired) electrons. The van der Waals surface area contributed by atoms with Crippen molar-refractivity contribution in [2.24, 2.45) is 9.98 Å². The van der Waals surface area contributed by atoms with Gasteiger partial charge < -0.3 is 15.3 Å². The Labute approximate surface area is 307 Å². The molecule has 1 fully saturated rings. The van der Waals surface area contributed by atoms with Crippen molar-refractivity contribution < 1.29 is 81.5 Å². The minimum absolute atomic E-state index is 0. The van der Waals surface area contributed by atoms with E-state index in [1.165, 1.54) is 36.7 Å². The first-order valence-corrected chi connectivity index (χ1v) is 15.3. The number of phenolic OH excluding ortho intramolecular Hbond substituents is 2. The van der Waals surface area contributed by atoms with Crippen molar-refractivity contribution in [3.8, 4) is 11.5 Å². The van der Waals surface area contributed by atoms with Crippen LogP contribution >= 0.6 is 0 Å². The van der Waals surface area contributed by atoms with E-state index < -0.39 is 44.8 Å². The van der Waals surface area contributed by atoms with Crippen molar-refractivity contribution in [2.75, 3.05) is 0 Å². The van der Waals surface area contributed by atoms with Gasteiger partial charge in [0, 0.05) is 75.7 Å². The van der Waals surface area contributed by atoms with Gasteiger partial charge >= 0.3 is 18.0 Å². The molecule has 0 aliphatic heterocycles. The van der Waals surface area contributed by atoms with Gasteiger partial charge in [0.05, 0.1) is 21.9 Å². The van der Waals surface area contributed by atoms with E-state index in [2.05, 4.69) is 9.98 Å². The third-order valence-electron chi connectivity index (χ3n) is 7.97. The molecule has 0 heterocycles. The molecule has 1 saturated carbocycles. The molecular weight excluding hydrogens is 782 g/mol. The fourth-order valence-electron chi connectivity index (χ4n) is 5.12. The van der Waals surface area contributed by atoms with E-state index in [0.717, 1.165) is 25.7 Å². The van der Waals surface area contributed by atoms with Crippen LogP contribution in [0.15, 0.2) is 34.3 Å². The number of non-ortho nitro benzene ring substituents is 2. The summed E-state index contributed by atoms with van der Waals surface area (Å²) in [5, 5.41) is 54.0. The first kappa shape index (κ1) is 47.0. The molecule has 1 aliphatic rings.